The summed E-state index contributed by atoms with van der Waals surface area (Å²) in [4.78, 5) is 85.4. The normalized spacial score (nSPS) is 21.6. The van der Waals surface area contributed by atoms with Gasteiger partial charge in [-0.05, 0) is 165 Å². The molecule has 5 heterocycles. The summed E-state index contributed by atoms with van der Waals surface area (Å²) in [6, 6.07) is 28.2. The fourth-order valence-electron chi connectivity index (χ4n) is 16.9. The number of ether oxygens (including phenoxy) is 3. The smallest absolute Gasteiger partial charge is 0.264 e. The molecule has 3 aliphatic heterocycles. The number of aliphatic hydroxyl groups is 1. The number of β-amino-alcohol motifs (C(OH)–C–C–N with tert-alkyl or cyclic N) is 1. The SMILES string of the molecule is CCC12CC(C3=C(CN4CCN(c5ccc(C(=O)NS(=O)(=O)c6ccc(N[C@H](CCN7CCN(C(=O)CCCn8cc(COCCOCCOCC(=O)N[C@H](C(=O)N9C[C@H](O)C[C@H]9C(=O)N[C@@H](C)c9ccc(-c%10scnc%10C)cc9)C(C)(C)C)nn8)CC7)CSc7ccccc7)c(C)c6)cc5)CC4)CCC(C)(C)C3)(C1)C2. The van der Waals surface area contributed by atoms with Gasteiger partial charge in [0.05, 0.1) is 72.4 Å². The van der Waals surface area contributed by atoms with Crippen LogP contribution >= 0.6 is 23.1 Å². The van der Waals surface area contributed by atoms with E-state index in [1.807, 2.05) is 118 Å². The Morgan fingerprint density at radius 1 is 0.820 bits per heavy atom. The second kappa shape index (κ2) is 36.7. The zero-order valence-corrected chi connectivity index (χ0v) is 68.7. The third-order valence-electron chi connectivity index (χ3n) is 23.5. The highest BCUT2D eigenvalue weighted by Crippen LogP contribution is 2.79. The number of thiazole rings is 1. The predicted molar refractivity (Wildman–Crippen MR) is 434 cm³/mol. The van der Waals surface area contributed by atoms with Crippen molar-refractivity contribution in [1.82, 2.24) is 54.9 Å². The summed E-state index contributed by atoms with van der Waals surface area (Å²) >= 11 is 3.33. The highest BCUT2D eigenvalue weighted by atomic mass is 32.2. The summed E-state index contributed by atoms with van der Waals surface area (Å²) in [5.41, 5.74) is 12.5. The number of aryl methyl sites for hydroxylation is 3. The molecule has 0 spiro atoms. The van der Waals surface area contributed by atoms with Crippen LogP contribution in [0.4, 0.5) is 11.4 Å². The fourth-order valence-corrected chi connectivity index (χ4v) is 19.7. The van der Waals surface area contributed by atoms with Crippen molar-refractivity contribution in [3.63, 3.8) is 0 Å². The monoisotopic (exact) mass is 1580 g/mol. The van der Waals surface area contributed by atoms with Gasteiger partial charge in [0, 0.05) is 125 Å². The topological polar surface area (TPSA) is 275 Å². The number of aromatic nitrogens is 4. The molecule has 111 heavy (non-hydrogen) atoms. The Morgan fingerprint density at radius 2 is 1.52 bits per heavy atom. The molecule has 5 amide bonds. The molecule has 4 aliphatic carbocycles. The van der Waals surface area contributed by atoms with Crippen molar-refractivity contribution in [1.29, 1.82) is 0 Å². The maximum Gasteiger partial charge on any atom is 0.264 e. The molecule has 600 valence electrons. The summed E-state index contributed by atoms with van der Waals surface area (Å²) in [6.45, 7) is 28.2. The van der Waals surface area contributed by atoms with Gasteiger partial charge >= 0.3 is 0 Å². The molecule has 24 nitrogen and oxygen atoms in total. The van der Waals surface area contributed by atoms with Crippen LogP contribution in [0.5, 0.6) is 0 Å². The van der Waals surface area contributed by atoms with E-state index in [-0.39, 0.29) is 87.0 Å². The molecule has 2 aromatic heterocycles. The van der Waals surface area contributed by atoms with Crippen molar-refractivity contribution < 1.29 is 51.7 Å². The minimum Gasteiger partial charge on any atom is -0.391 e. The van der Waals surface area contributed by atoms with Gasteiger partial charge in [0.25, 0.3) is 15.9 Å². The lowest BCUT2D eigenvalue weighted by Crippen LogP contribution is -2.63. The van der Waals surface area contributed by atoms with Crippen molar-refractivity contribution in [2.24, 2.45) is 21.7 Å². The molecule has 2 bridgehead atoms. The summed E-state index contributed by atoms with van der Waals surface area (Å²) in [6.07, 6.45) is 12.0. The van der Waals surface area contributed by atoms with E-state index in [9.17, 15) is 37.5 Å². The van der Waals surface area contributed by atoms with E-state index in [0.717, 1.165) is 108 Å². The Kier molecular flexibility index (Phi) is 27.4. The number of thioether (sulfide) groups is 1. The number of carbonyl (C=O) groups is 5. The molecule has 5 N–H and O–H groups in total. The van der Waals surface area contributed by atoms with Gasteiger partial charge in [-0.2, -0.15) is 0 Å². The van der Waals surface area contributed by atoms with Crippen LogP contribution in [0, 0.1) is 35.5 Å². The van der Waals surface area contributed by atoms with Crippen LogP contribution in [0.1, 0.15) is 158 Å². The molecule has 3 saturated heterocycles. The zero-order valence-electron chi connectivity index (χ0n) is 66.3. The van der Waals surface area contributed by atoms with E-state index >= 15 is 0 Å². The van der Waals surface area contributed by atoms with Crippen LogP contribution in [0.2, 0.25) is 0 Å². The third kappa shape index (κ3) is 21.4. The number of benzene rings is 4. The number of hydrogen-bond donors (Lipinski definition) is 5. The van der Waals surface area contributed by atoms with E-state index in [2.05, 4.69) is 83.6 Å². The molecule has 6 fully saturated rings. The first-order valence-electron chi connectivity index (χ1n) is 39.8. The van der Waals surface area contributed by atoms with Gasteiger partial charge in [-0.15, -0.1) is 28.2 Å². The standard InChI is InChI=1S/C84H115N13O11S3/c1-10-83-54-84(55-83,56-83)71-47-82(8,9)30-28-64(71)48-93-35-37-94(38-36-93)67-24-22-63(23-25-67)78(101)90-111(104,105)70-26-27-72(58(2)45-70)87-65(53-109-69-15-12-11-13-16-69)29-32-92-33-39-95(40-34-92)75(100)17-14-31-96-49-66(89-91-96)51-107-43-41-106-42-44-108-52-74(99)88-77(81(5,6)7)80(103)97-50-68(98)46-73(97)79(102)86-59(3)61-18-20-62(21-19-61)76-60(4)85-57-110-76/h11-13,15-16,18-27,45,49,57,59,65,68,73,77,87,98H,10,14,17,28-44,46-48,50-56H2,1-9H3,(H,86,102)(H,88,99)(H,90,101)/t59-,65+,68+,73-,77+,83?,84?/m0/s1. The largest absolute Gasteiger partial charge is 0.391 e. The molecule has 27 heteroatoms. The Hall–Kier alpha value is -7.60. The lowest BCUT2D eigenvalue weighted by atomic mass is 9.31. The van der Waals surface area contributed by atoms with Crippen LogP contribution in [0.15, 0.2) is 130 Å². The van der Waals surface area contributed by atoms with Gasteiger partial charge in [0.15, 0.2) is 0 Å². The van der Waals surface area contributed by atoms with Crippen molar-refractivity contribution in [2.45, 2.75) is 186 Å². The number of carbonyl (C=O) groups excluding carboxylic acids is 5. The van der Waals surface area contributed by atoms with Crippen molar-refractivity contribution in [3.05, 3.63) is 148 Å². The Morgan fingerprint density at radius 3 is 2.21 bits per heavy atom. The van der Waals surface area contributed by atoms with Crippen molar-refractivity contribution in [3.8, 4) is 10.4 Å². The molecule has 3 saturated carbocycles. The molecule has 0 unspecified atom stereocenters. The molecule has 5 atom stereocenters. The highest BCUT2D eigenvalue weighted by Gasteiger charge is 2.68. The summed E-state index contributed by atoms with van der Waals surface area (Å²) in [5.74, 6) is -1.15. The molecular formula is C84H115N13O11S3. The van der Waals surface area contributed by atoms with Gasteiger partial charge in [0.1, 0.15) is 24.4 Å². The minimum atomic E-state index is -4.19. The minimum absolute atomic E-state index is 0.0162. The average molecular weight is 1580 g/mol. The van der Waals surface area contributed by atoms with Crippen LogP contribution in [0.25, 0.3) is 10.4 Å². The van der Waals surface area contributed by atoms with E-state index in [1.165, 1.54) is 49.8 Å². The number of anilines is 2. The second-order valence-electron chi connectivity index (χ2n) is 33.5. The van der Waals surface area contributed by atoms with Gasteiger partial charge < -0.3 is 50.0 Å². The molecule has 4 aromatic carbocycles. The van der Waals surface area contributed by atoms with Gasteiger partial charge in [-0.1, -0.05) is 107 Å². The summed E-state index contributed by atoms with van der Waals surface area (Å²) < 4.78 is 48.7. The molecule has 13 rings (SSSR count). The maximum atomic E-state index is 14.1. The zero-order chi connectivity index (χ0) is 78.7. The summed E-state index contributed by atoms with van der Waals surface area (Å²) in [7, 11) is -4.19. The first-order valence-corrected chi connectivity index (χ1v) is 43.1. The van der Waals surface area contributed by atoms with Crippen LogP contribution in [0.3, 0.4) is 0 Å². The number of amides is 5. The number of rotatable bonds is 36. The quantitative estimate of drug-likeness (QED) is 0.0139. The van der Waals surface area contributed by atoms with E-state index in [0.29, 0.717) is 54.4 Å². The predicted octanol–water partition coefficient (Wildman–Crippen LogP) is 10.9. The first-order chi connectivity index (χ1) is 53.1. The van der Waals surface area contributed by atoms with Crippen molar-refractivity contribution >= 4 is 74.0 Å². The van der Waals surface area contributed by atoms with Crippen LogP contribution in [-0.4, -0.2) is 218 Å². The summed E-state index contributed by atoms with van der Waals surface area (Å²) in [5, 5.41) is 28.8. The number of aliphatic hydroxyl groups excluding tert-OH is 1. The first kappa shape index (κ1) is 82.8. The molecule has 7 aliphatic rings. The third-order valence-corrected chi connectivity index (χ3v) is 26.9. The van der Waals surface area contributed by atoms with Crippen LogP contribution < -0.4 is 25.6 Å². The Labute approximate surface area is 664 Å². The van der Waals surface area contributed by atoms with Crippen LogP contribution in [-0.2, 0) is 56.6 Å². The average Bonchev–Trinajstić information content (AvgIpc) is 1.12. The van der Waals surface area contributed by atoms with E-state index < -0.39 is 51.3 Å². The van der Waals surface area contributed by atoms with Gasteiger partial charge in [0.2, 0.25) is 23.6 Å². The van der Waals surface area contributed by atoms with Gasteiger partial charge in [-0.3, -0.25) is 38.5 Å². The highest BCUT2D eigenvalue weighted by molar-refractivity contribution is 7.99. The number of hydrogen-bond acceptors (Lipinski definition) is 20. The number of likely N-dealkylation sites (tertiary alicyclic amines) is 1. The molecular weight excluding hydrogens is 1460 g/mol. The van der Waals surface area contributed by atoms with E-state index in [1.54, 1.807) is 63.7 Å². The molecule has 6 aromatic rings. The molecule has 0 radical (unpaired) electrons. The second-order valence-corrected chi connectivity index (χ2v) is 37.1. The van der Waals surface area contributed by atoms with Gasteiger partial charge in [-0.25, -0.2) is 18.1 Å². The van der Waals surface area contributed by atoms with E-state index in [4.69, 9.17) is 14.2 Å². The lowest BCUT2D eigenvalue weighted by molar-refractivity contribution is -0.182. The number of allylic oxidation sites excluding steroid dienone is 1. The maximum absolute atomic E-state index is 14.1. The Balaban J connectivity index is 0.512. The number of nitrogens with one attached hydrogen (secondary N) is 4. The number of sulfonamides is 1. The lowest BCUT2D eigenvalue weighted by Gasteiger charge is -2.73. The fraction of sp³-hybridized carbons (Fsp3) is 0.571. The number of piperazine rings is 2. The van der Waals surface area contributed by atoms with Crippen molar-refractivity contribution in [2.75, 3.05) is 121 Å². The Bertz CT molecular complexity index is 4300. The number of nitrogens with zero attached hydrogens (tertiary/aromatic N) is 9.